The number of amides is 2. The maximum absolute atomic E-state index is 14.6. The number of hydrogen-bond acceptors (Lipinski definition) is 4. The van der Waals surface area contributed by atoms with E-state index in [0.29, 0.717) is 18.7 Å². The molecular weight excluding hydrogens is 505 g/mol. The molecule has 3 rings (SSSR count). The minimum Gasteiger partial charge on any atom is -0.355 e. The van der Waals surface area contributed by atoms with Gasteiger partial charge in [0.05, 0.1) is 10.6 Å². The standard InChI is InChI=1S/C29H34FN3O4S/c1-5-23-11-8-10-14-27(23)33(38(36,37)25-17-15-21(3)16-18-25)20-28(34)32(22(4)29(35)31-6-2)19-24-12-7-9-13-26(24)30/h7-18,22H,5-6,19-20H2,1-4H3,(H,31,35). The molecule has 0 radical (unpaired) electrons. The fourth-order valence-electron chi connectivity index (χ4n) is 4.12. The molecule has 2 amide bonds. The third-order valence-electron chi connectivity index (χ3n) is 6.35. The zero-order valence-corrected chi connectivity index (χ0v) is 23.0. The van der Waals surface area contributed by atoms with Crippen LogP contribution in [-0.2, 0) is 32.6 Å². The fraction of sp³-hybridized carbons (Fsp3) is 0.310. The van der Waals surface area contributed by atoms with Crippen LogP contribution >= 0.6 is 0 Å². The Kier molecular flexibility index (Phi) is 9.63. The molecule has 0 aromatic heterocycles. The van der Waals surface area contributed by atoms with Gasteiger partial charge in [-0.15, -0.1) is 0 Å². The number of hydrogen-bond donors (Lipinski definition) is 1. The van der Waals surface area contributed by atoms with E-state index in [1.54, 1.807) is 44.2 Å². The van der Waals surface area contributed by atoms with Crippen LogP contribution in [0.2, 0.25) is 0 Å². The van der Waals surface area contributed by atoms with Gasteiger partial charge in [0.2, 0.25) is 11.8 Å². The number of halogens is 1. The second kappa shape index (κ2) is 12.7. The van der Waals surface area contributed by atoms with Gasteiger partial charge in [0, 0.05) is 18.7 Å². The first-order chi connectivity index (χ1) is 18.1. The molecule has 0 aliphatic rings. The summed E-state index contributed by atoms with van der Waals surface area (Å²) < 4.78 is 43.4. The van der Waals surface area contributed by atoms with Crippen LogP contribution in [0.4, 0.5) is 10.1 Å². The Bertz CT molecular complexity index is 1380. The highest BCUT2D eigenvalue weighted by Gasteiger charge is 2.33. The van der Waals surface area contributed by atoms with Gasteiger partial charge in [0.15, 0.2) is 0 Å². The molecule has 7 nitrogen and oxygen atoms in total. The van der Waals surface area contributed by atoms with Crippen LogP contribution in [0.3, 0.4) is 0 Å². The fourth-order valence-corrected chi connectivity index (χ4v) is 5.57. The second-order valence-corrected chi connectivity index (χ2v) is 10.9. The van der Waals surface area contributed by atoms with Gasteiger partial charge in [-0.25, -0.2) is 12.8 Å². The molecule has 0 fully saturated rings. The van der Waals surface area contributed by atoms with Gasteiger partial charge in [0.25, 0.3) is 10.0 Å². The number of rotatable bonds is 11. The van der Waals surface area contributed by atoms with Crippen molar-refractivity contribution in [1.29, 1.82) is 0 Å². The molecule has 0 heterocycles. The maximum atomic E-state index is 14.6. The van der Waals surface area contributed by atoms with Gasteiger partial charge in [-0.3, -0.25) is 13.9 Å². The van der Waals surface area contributed by atoms with Crippen molar-refractivity contribution in [3.8, 4) is 0 Å². The minimum atomic E-state index is -4.16. The smallest absolute Gasteiger partial charge is 0.264 e. The largest absolute Gasteiger partial charge is 0.355 e. The summed E-state index contributed by atoms with van der Waals surface area (Å²) in [5.41, 5.74) is 2.24. The lowest BCUT2D eigenvalue weighted by molar-refractivity contribution is -0.139. The van der Waals surface area contributed by atoms with E-state index in [-0.39, 0.29) is 17.0 Å². The van der Waals surface area contributed by atoms with Gasteiger partial charge < -0.3 is 10.2 Å². The van der Waals surface area contributed by atoms with E-state index in [0.717, 1.165) is 15.4 Å². The highest BCUT2D eigenvalue weighted by molar-refractivity contribution is 7.92. The summed E-state index contributed by atoms with van der Waals surface area (Å²) in [4.78, 5) is 27.8. The van der Waals surface area contributed by atoms with Gasteiger partial charge in [-0.05, 0) is 57.0 Å². The number of sulfonamides is 1. The minimum absolute atomic E-state index is 0.0410. The SMILES string of the molecule is CCNC(=O)C(C)N(Cc1ccccc1F)C(=O)CN(c1ccccc1CC)S(=O)(=O)c1ccc(C)cc1. The highest BCUT2D eigenvalue weighted by Crippen LogP contribution is 2.28. The summed E-state index contributed by atoms with van der Waals surface area (Å²) in [5, 5.41) is 2.69. The van der Waals surface area contributed by atoms with E-state index >= 15 is 0 Å². The molecule has 0 aliphatic heterocycles. The van der Waals surface area contributed by atoms with E-state index in [1.165, 1.54) is 35.2 Å². The summed E-state index contributed by atoms with van der Waals surface area (Å²) in [6.45, 7) is 6.64. The third-order valence-corrected chi connectivity index (χ3v) is 8.12. The Morgan fingerprint density at radius 2 is 1.53 bits per heavy atom. The molecule has 1 N–H and O–H groups in total. The third kappa shape index (κ3) is 6.58. The molecule has 38 heavy (non-hydrogen) atoms. The van der Waals surface area contributed by atoms with Crippen molar-refractivity contribution in [3.05, 3.63) is 95.3 Å². The first kappa shape index (κ1) is 28.8. The summed E-state index contributed by atoms with van der Waals surface area (Å²) in [7, 11) is -4.16. The number of nitrogens with zero attached hydrogens (tertiary/aromatic N) is 2. The number of carbonyl (C=O) groups excluding carboxylic acids is 2. The molecule has 0 bridgehead atoms. The number of carbonyl (C=O) groups is 2. The predicted molar refractivity (Wildman–Crippen MR) is 147 cm³/mol. The van der Waals surface area contributed by atoms with Gasteiger partial charge in [-0.2, -0.15) is 0 Å². The molecule has 0 aliphatic carbocycles. The van der Waals surface area contributed by atoms with Gasteiger partial charge in [0.1, 0.15) is 18.4 Å². The molecule has 3 aromatic carbocycles. The van der Waals surface area contributed by atoms with Gasteiger partial charge >= 0.3 is 0 Å². The first-order valence-electron chi connectivity index (χ1n) is 12.6. The maximum Gasteiger partial charge on any atom is 0.264 e. The van der Waals surface area contributed by atoms with E-state index in [1.807, 2.05) is 26.0 Å². The Balaban J connectivity index is 2.08. The summed E-state index contributed by atoms with van der Waals surface area (Å²) in [5.74, 6) is -1.57. The second-order valence-electron chi connectivity index (χ2n) is 8.99. The predicted octanol–water partition coefficient (Wildman–Crippen LogP) is 4.45. The average molecular weight is 540 g/mol. The molecule has 202 valence electrons. The van der Waals surface area contributed by atoms with Crippen LogP contribution in [-0.4, -0.2) is 44.3 Å². The molecule has 0 saturated carbocycles. The van der Waals surface area contributed by atoms with Crippen LogP contribution < -0.4 is 9.62 Å². The Hall–Kier alpha value is -3.72. The number of nitrogens with one attached hydrogen (secondary N) is 1. The molecule has 1 atom stereocenters. The average Bonchev–Trinajstić information content (AvgIpc) is 2.91. The highest BCUT2D eigenvalue weighted by atomic mass is 32.2. The molecule has 0 spiro atoms. The molecule has 3 aromatic rings. The van der Waals surface area contributed by atoms with Crippen molar-refractivity contribution < 1.29 is 22.4 Å². The van der Waals surface area contributed by atoms with Crippen LogP contribution in [0.5, 0.6) is 0 Å². The Morgan fingerprint density at radius 1 is 0.921 bits per heavy atom. The molecule has 0 saturated heterocycles. The van der Waals surface area contributed by atoms with Crippen LogP contribution in [0.15, 0.2) is 77.7 Å². The van der Waals surface area contributed by atoms with E-state index in [4.69, 9.17) is 0 Å². The number of aryl methyl sites for hydroxylation is 2. The monoisotopic (exact) mass is 539 g/mol. The van der Waals surface area contributed by atoms with Crippen LogP contribution in [0, 0.1) is 12.7 Å². The van der Waals surface area contributed by atoms with Gasteiger partial charge in [-0.1, -0.05) is 61.0 Å². The van der Waals surface area contributed by atoms with Crippen molar-refractivity contribution in [1.82, 2.24) is 10.2 Å². The Morgan fingerprint density at radius 3 is 2.13 bits per heavy atom. The lowest BCUT2D eigenvalue weighted by Crippen LogP contribution is -2.51. The normalized spacial score (nSPS) is 12.0. The molecule has 9 heteroatoms. The zero-order chi connectivity index (χ0) is 27.9. The van der Waals surface area contributed by atoms with Crippen molar-refractivity contribution in [2.24, 2.45) is 0 Å². The summed E-state index contributed by atoms with van der Waals surface area (Å²) >= 11 is 0. The number of anilines is 1. The quantitative estimate of drug-likeness (QED) is 0.390. The first-order valence-corrected chi connectivity index (χ1v) is 14.0. The Labute approximate surface area is 224 Å². The van der Waals surface area contributed by atoms with Crippen molar-refractivity contribution in [2.45, 2.75) is 51.6 Å². The molecule has 1 unspecified atom stereocenters. The summed E-state index contributed by atoms with van der Waals surface area (Å²) in [6, 6.07) is 18.4. The van der Waals surface area contributed by atoms with Crippen LogP contribution in [0.25, 0.3) is 0 Å². The van der Waals surface area contributed by atoms with Crippen LogP contribution in [0.1, 0.15) is 37.5 Å². The number of benzene rings is 3. The van der Waals surface area contributed by atoms with Crippen molar-refractivity contribution in [3.63, 3.8) is 0 Å². The van der Waals surface area contributed by atoms with E-state index < -0.39 is 40.2 Å². The lowest BCUT2D eigenvalue weighted by atomic mass is 10.1. The lowest BCUT2D eigenvalue weighted by Gasteiger charge is -2.32. The number of para-hydroxylation sites is 1. The van der Waals surface area contributed by atoms with Crippen molar-refractivity contribution in [2.75, 3.05) is 17.4 Å². The number of likely N-dealkylation sites (N-methyl/N-ethyl adjacent to an activating group) is 1. The van der Waals surface area contributed by atoms with E-state index in [9.17, 15) is 22.4 Å². The topological polar surface area (TPSA) is 86.8 Å². The zero-order valence-electron chi connectivity index (χ0n) is 22.1. The summed E-state index contributed by atoms with van der Waals surface area (Å²) in [6.07, 6.45) is 0.540. The van der Waals surface area contributed by atoms with E-state index in [2.05, 4.69) is 5.32 Å². The van der Waals surface area contributed by atoms with Crippen molar-refractivity contribution >= 4 is 27.5 Å². The molecular formula is C29H34FN3O4S.